The maximum absolute atomic E-state index is 11.4. The van der Waals surface area contributed by atoms with Gasteiger partial charge in [0.2, 0.25) is 0 Å². The van der Waals surface area contributed by atoms with Crippen LogP contribution in [0.15, 0.2) is 23.8 Å². The van der Waals surface area contributed by atoms with Gasteiger partial charge in [-0.3, -0.25) is 9.78 Å². The van der Waals surface area contributed by atoms with Gasteiger partial charge in [-0.1, -0.05) is 17.8 Å². The number of pyridine rings is 1. The Morgan fingerprint density at radius 1 is 1.30 bits per heavy atom. The molecule has 0 saturated carbocycles. The van der Waals surface area contributed by atoms with Crippen LogP contribution in [0.3, 0.4) is 0 Å². The van der Waals surface area contributed by atoms with Gasteiger partial charge in [0.25, 0.3) is 0 Å². The summed E-state index contributed by atoms with van der Waals surface area (Å²) in [6.07, 6.45) is 3.81. The lowest BCUT2D eigenvalue weighted by atomic mass is 9.78. The van der Waals surface area contributed by atoms with Gasteiger partial charge in [-0.05, 0) is 57.8 Å². The molecule has 0 spiro atoms. The summed E-state index contributed by atoms with van der Waals surface area (Å²) in [7, 11) is -0.444. The Morgan fingerprint density at radius 2 is 1.91 bits per heavy atom. The molecule has 0 aliphatic carbocycles. The molecule has 1 aromatic rings. The minimum Gasteiger partial charge on any atom is -0.400 e. The number of nitrogens with zero attached hydrogens (tertiary/aromatic N) is 1. The van der Waals surface area contributed by atoms with Crippen molar-refractivity contribution in [1.29, 1.82) is 0 Å². The summed E-state index contributed by atoms with van der Waals surface area (Å²) in [5.41, 5.74) is 2.14. The predicted molar refractivity (Wildman–Crippen MR) is 96.2 cm³/mol. The topological polar surface area (TPSA) is 48.4 Å². The number of carbonyl (C=O) groups is 1. The van der Waals surface area contributed by atoms with Gasteiger partial charge >= 0.3 is 7.12 Å². The van der Waals surface area contributed by atoms with Crippen molar-refractivity contribution in [3.8, 4) is 0 Å². The van der Waals surface area contributed by atoms with Crippen LogP contribution in [-0.2, 0) is 14.1 Å². The third kappa shape index (κ3) is 4.46. The van der Waals surface area contributed by atoms with Gasteiger partial charge in [-0.2, -0.15) is 0 Å². The third-order valence-corrected chi connectivity index (χ3v) is 5.16. The second kappa shape index (κ2) is 6.79. The Morgan fingerprint density at radius 3 is 2.43 bits per heavy atom. The van der Waals surface area contributed by atoms with Gasteiger partial charge < -0.3 is 9.31 Å². The highest BCUT2D eigenvalue weighted by Crippen LogP contribution is 2.39. The summed E-state index contributed by atoms with van der Waals surface area (Å²) >= 11 is 1.27. The van der Waals surface area contributed by atoms with Crippen LogP contribution in [0.4, 0.5) is 0 Å². The van der Waals surface area contributed by atoms with Crippen molar-refractivity contribution in [3.63, 3.8) is 0 Å². The fourth-order valence-electron chi connectivity index (χ4n) is 2.23. The Bertz CT molecular complexity index is 612. The van der Waals surface area contributed by atoms with Crippen LogP contribution in [-0.4, -0.2) is 34.2 Å². The Hall–Kier alpha value is -1.11. The van der Waals surface area contributed by atoms with Crippen LogP contribution in [0, 0.1) is 6.92 Å². The van der Waals surface area contributed by atoms with Gasteiger partial charge in [-0.25, -0.2) is 0 Å². The zero-order valence-corrected chi connectivity index (χ0v) is 15.5. The molecule has 0 aromatic carbocycles. The summed E-state index contributed by atoms with van der Waals surface area (Å²) in [5, 5.41) is 0.0818. The van der Waals surface area contributed by atoms with Crippen molar-refractivity contribution < 1.29 is 14.1 Å². The van der Waals surface area contributed by atoms with Gasteiger partial charge in [0.05, 0.1) is 11.2 Å². The van der Waals surface area contributed by atoms with Crippen molar-refractivity contribution in [2.45, 2.75) is 52.7 Å². The molecule has 2 rings (SSSR count). The van der Waals surface area contributed by atoms with E-state index in [9.17, 15) is 4.79 Å². The van der Waals surface area contributed by atoms with Crippen LogP contribution in [0.2, 0.25) is 0 Å². The molecule has 1 fully saturated rings. The van der Waals surface area contributed by atoms with E-state index in [1.807, 2.05) is 52.8 Å². The zero-order valence-electron chi connectivity index (χ0n) is 14.7. The zero-order chi connectivity index (χ0) is 17.3. The second-order valence-corrected chi connectivity index (χ2v) is 7.97. The van der Waals surface area contributed by atoms with E-state index in [0.29, 0.717) is 5.75 Å². The van der Waals surface area contributed by atoms with Crippen molar-refractivity contribution in [2.75, 3.05) is 5.75 Å². The number of rotatable bonds is 4. The van der Waals surface area contributed by atoms with E-state index in [-0.39, 0.29) is 5.12 Å². The number of aromatic nitrogens is 1. The molecule has 23 heavy (non-hydrogen) atoms. The maximum atomic E-state index is 11.4. The van der Waals surface area contributed by atoms with Crippen molar-refractivity contribution in [3.05, 3.63) is 35.1 Å². The first-order valence-corrected chi connectivity index (χ1v) is 8.71. The van der Waals surface area contributed by atoms with Crippen LogP contribution in [0.5, 0.6) is 0 Å². The van der Waals surface area contributed by atoms with Gasteiger partial charge in [0.15, 0.2) is 5.12 Å². The number of thioether (sulfide) groups is 1. The molecule has 6 heteroatoms. The monoisotopic (exact) mass is 333 g/mol. The molecule has 124 valence electrons. The standard InChI is InChI=1S/C17H24BNO3S/c1-12-9-14(7-8-19-12)10-15(11-23-13(2)20)18-21-16(3,4)17(5,6)22-18/h7-10H,11H2,1-6H3. The molecule has 4 nitrogen and oxygen atoms in total. The predicted octanol–water partition coefficient (Wildman–Crippen LogP) is 3.68. The van der Waals surface area contributed by atoms with Crippen molar-refractivity contribution >= 4 is 30.1 Å². The van der Waals surface area contributed by atoms with E-state index in [0.717, 1.165) is 16.7 Å². The summed E-state index contributed by atoms with van der Waals surface area (Å²) in [6, 6.07) is 3.94. The fraction of sp³-hybridized carbons (Fsp3) is 0.529. The Balaban J connectivity index is 2.30. The second-order valence-electron chi connectivity index (χ2n) is 6.82. The van der Waals surface area contributed by atoms with E-state index in [1.165, 1.54) is 11.8 Å². The molecule has 1 aliphatic heterocycles. The first kappa shape index (κ1) is 18.2. The summed E-state index contributed by atoms with van der Waals surface area (Å²) in [5.74, 6) is 0.549. The highest BCUT2D eigenvalue weighted by Gasteiger charge is 2.52. The van der Waals surface area contributed by atoms with Crippen LogP contribution in [0.1, 0.15) is 45.9 Å². The molecule has 0 bridgehead atoms. The molecule has 2 heterocycles. The van der Waals surface area contributed by atoms with Crippen molar-refractivity contribution in [2.24, 2.45) is 0 Å². The van der Waals surface area contributed by atoms with E-state index in [1.54, 1.807) is 13.1 Å². The highest BCUT2D eigenvalue weighted by molar-refractivity contribution is 8.13. The van der Waals surface area contributed by atoms with Crippen LogP contribution in [0.25, 0.3) is 6.08 Å². The summed E-state index contributed by atoms with van der Waals surface area (Å²) < 4.78 is 12.3. The largest absolute Gasteiger partial charge is 0.491 e. The van der Waals surface area contributed by atoms with Crippen LogP contribution >= 0.6 is 11.8 Å². The number of carbonyl (C=O) groups excluding carboxylic acids is 1. The van der Waals surface area contributed by atoms with Gasteiger partial charge in [-0.15, -0.1) is 0 Å². The quantitative estimate of drug-likeness (QED) is 0.787. The maximum Gasteiger partial charge on any atom is 0.491 e. The lowest BCUT2D eigenvalue weighted by molar-refractivity contribution is -0.109. The van der Waals surface area contributed by atoms with Gasteiger partial charge in [0.1, 0.15) is 0 Å². The number of aryl methyl sites for hydroxylation is 1. The molecule has 0 atom stereocenters. The smallest absolute Gasteiger partial charge is 0.400 e. The normalized spacial score (nSPS) is 19.9. The molecule has 1 saturated heterocycles. The SMILES string of the molecule is CC(=O)SCC(=Cc1ccnc(C)c1)B1OC(C)(C)C(C)(C)O1. The lowest BCUT2D eigenvalue weighted by Crippen LogP contribution is -2.41. The average molecular weight is 333 g/mol. The van der Waals surface area contributed by atoms with Crippen molar-refractivity contribution in [1.82, 2.24) is 4.98 Å². The molecule has 0 N–H and O–H groups in total. The molecule has 0 unspecified atom stereocenters. The minimum atomic E-state index is -0.444. The lowest BCUT2D eigenvalue weighted by Gasteiger charge is -2.32. The van der Waals surface area contributed by atoms with E-state index in [2.05, 4.69) is 4.98 Å². The third-order valence-electron chi connectivity index (χ3n) is 4.27. The highest BCUT2D eigenvalue weighted by atomic mass is 32.2. The summed E-state index contributed by atoms with van der Waals surface area (Å²) in [6.45, 7) is 11.6. The van der Waals surface area contributed by atoms with Crippen LogP contribution < -0.4 is 0 Å². The first-order valence-electron chi connectivity index (χ1n) is 7.73. The Labute approximate surface area is 143 Å². The molecular weight excluding hydrogens is 309 g/mol. The van der Waals surface area contributed by atoms with Gasteiger partial charge in [0, 0.05) is 24.6 Å². The molecule has 0 amide bonds. The van der Waals surface area contributed by atoms with E-state index >= 15 is 0 Å². The molecule has 1 aromatic heterocycles. The first-order chi connectivity index (χ1) is 10.6. The average Bonchev–Trinajstić information content (AvgIpc) is 2.63. The molecule has 1 aliphatic rings. The fourth-order valence-corrected chi connectivity index (χ4v) is 2.82. The minimum absolute atomic E-state index is 0.0818. The van der Waals surface area contributed by atoms with E-state index in [4.69, 9.17) is 9.31 Å². The Kier molecular flexibility index (Phi) is 5.39. The summed E-state index contributed by atoms with van der Waals surface area (Å²) in [4.78, 5) is 15.6. The molecule has 0 radical (unpaired) electrons. The molecular formula is C17H24BNO3S. The van der Waals surface area contributed by atoms with E-state index < -0.39 is 18.3 Å². The number of hydrogen-bond donors (Lipinski definition) is 0. The number of hydrogen-bond acceptors (Lipinski definition) is 5.